The van der Waals surface area contributed by atoms with Gasteiger partial charge in [0.2, 0.25) is 11.5 Å². The number of anilines is 1. The number of hydrogen-bond donors (Lipinski definition) is 2. The lowest BCUT2D eigenvalue weighted by molar-refractivity contribution is 0.0751. The van der Waals surface area contributed by atoms with Crippen molar-refractivity contribution in [3.63, 3.8) is 0 Å². The van der Waals surface area contributed by atoms with Gasteiger partial charge in [-0.25, -0.2) is 10.1 Å². The predicted octanol–water partition coefficient (Wildman–Crippen LogP) is 2.98. The van der Waals surface area contributed by atoms with Crippen LogP contribution in [0.2, 0.25) is 0 Å². The molecule has 4 rings (SSSR count). The molecule has 12 nitrogen and oxygen atoms in total. The van der Waals surface area contributed by atoms with Gasteiger partial charge >= 0.3 is 0 Å². The van der Waals surface area contributed by atoms with E-state index in [1.54, 1.807) is 31.4 Å². The number of carbonyl (C=O) groups is 1. The van der Waals surface area contributed by atoms with Crippen molar-refractivity contribution in [2.24, 2.45) is 10.2 Å². The van der Waals surface area contributed by atoms with Crippen LogP contribution in [0.1, 0.15) is 48.4 Å². The summed E-state index contributed by atoms with van der Waals surface area (Å²) in [5.41, 5.74) is 5.52. The first-order valence-electron chi connectivity index (χ1n) is 11.3. The first-order chi connectivity index (χ1) is 17.5. The van der Waals surface area contributed by atoms with Gasteiger partial charge in [-0.15, -0.1) is 5.10 Å². The molecule has 0 unspecified atom stereocenters. The van der Waals surface area contributed by atoms with E-state index in [-0.39, 0.29) is 23.5 Å². The van der Waals surface area contributed by atoms with E-state index < -0.39 is 0 Å². The van der Waals surface area contributed by atoms with E-state index in [4.69, 9.17) is 9.47 Å². The number of nitrogens with zero attached hydrogens (tertiary/aromatic N) is 7. The molecule has 0 bridgehead atoms. The average Bonchev–Trinajstić information content (AvgIpc) is 3.43. The zero-order chi connectivity index (χ0) is 25.5. The van der Waals surface area contributed by atoms with Gasteiger partial charge in [-0.2, -0.15) is 15.5 Å². The van der Waals surface area contributed by atoms with Crippen LogP contribution < -0.4 is 14.9 Å². The molecular weight excluding hydrogens is 462 g/mol. The third kappa shape index (κ3) is 5.64. The van der Waals surface area contributed by atoms with Crippen LogP contribution in [-0.4, -0.2) is 62.7 Å². The van der Waals surface area contributed by atoms with E-state index >= 15 is 0 Å². The minimum Gasteiger partial charge on any atom is -0.493 e. The quantitative estimate of drug-likeness (QED) is 0.363. The number of H-pyrrole nitrogens is 1. The van der Waals surface area contributed by atoms with Crippen molar-refractivity contribution >= 4 is 23.0 Å². The number of aromatic nitrogens is 4. The fourth-order valence-electron chi connectivity index (χ4n) is 3.54. The SMILES string of the molecule is COc1ccc(C2=NN(C(=O)c3ccc(NN=C(C#N)c4nnn[nH]4)cc3)CCC2)cc1OC(C)C. The Morgan fingerprint density at radius 1 is 1.22 bits per heavy atom. The van der Waals surface area contributed by atoms with E-state index in [1.165, 1.54) is 5.01 Å². The number of hydrogen-bond acceptors (Lipinski definition) is 10. The van der Waals surface area contributed by atoms with E-state index in [0.717, 1.165) is 24.1 Å². The Hall–Kier alpha value is -4.79. The second-order valence-electron chi connectivity index (χ2n) is 8.12. The summed E-state index contributed by atoms with van der Waals surface area (Å²) in [5.74, 6) is 1.23. The Morgan fingerprint density at radius 2 is 2.03 bits per heavy atom. The topological polar surface area (TPSA) is 154 Å². The molecule has 2 aromatic carbocycles. The van der Waals surface area contributed by atoms with Crippen LogP contribution in [0.5, 0.6) is 11.5 Å². The minimum absolute atomic E-state index is 0.00387. The largest absolute Gasteiger partial charge is 0.493 e. The van der Waals surface area contributed by atoms with Gasteiger partial charge < -0.3 is 9.47 Å². The van der Waals surface area contributed by atoms with Crippen LogP contribution in [0.4, 0.5) is 5.69 Å². The summed E-state index contributed by atoms with van der Waals surface area (Å²) < 4.78 is 11.3. The van der Waals surface area contributed by atoms with Crippen LogP contribution in [0.3, 0.4) is 0 Å². The highest BCUT2D eigenvalue weighted by Gasteiger charge is 2.22. The maximum atomic E-state index is 13.1. The molecule has 0 saturated heterocycles. The summed E-state index contributed by atoms with van der Waals surface area (Å²) in [6, 6.07) is 14.3. The Morgan fingerprint density at radius 3 is 2.69 bits per heavy atom. The molecule has 3 aromatic rings. The van der Waals surface area contributed by atoms with Gasteiger partial charge in [0.25, 0.3) is 5.91 Å². The molecule has 0 radical (unpaired) electrons. The molecule has 12 heteroatoms. The molecule has 1 amide bonds. The van der Waals surface area contributed by atoms with Crippen molar-refractivity contribution in [1.29, 1.82) is 5.26 Å². The molecule has 0 aliphatic carbocycles. The van der Waals surface area contributed by atoms with Gasteiger partial charge in [-0.05, 0) is 79.6 Å². The molecule has 1 aliphatic heterocycles. The minimum atomic E-state index is -0.208. The number of tetrazole rings is 1. The van der Waals surface area contributed by atoms with Crippen molar-refractivity contribution in [3.8, 4) is 17.6 Å². The van der Waals surface area contributed by atoms with E-state index in [1.807, 2.05) is 38.1 Å². The molecule has 36 heavy (non-hydrogen) atoms. The van der Waals surface area contributed by atoms with Gasteiger partial charge in [-0.1, -0.05) is 0 Å². The van der Waals surface area contributed by atoms with Crippen molar-refractivity contribution in [1.82, 2.24) is 25.6 Å². The molecule has 0 atom stereocenters. The first kappa shape index (κ1) is 24.3. The highest BCUT2D eigenvalue weighted by Crippen LogP contribution is 2.30. The van der Waals surface area contributed by atoms with Crippen LogP contribution in [0.15, 0.2) is 52.7 Å². The molecule has 0 fully saturated rings. The monoisotopic (exact) mass is 487 g/mol. The lowest BCUT2D eigenvalue weighted by atomic mass is 10.0. The number of ether oxygens (including phenoxy) is 2. The first-order valence-corrected chi connectivity index (χ1v) is 11.3. The van der Waals surface area contributed by atoms with E-state index in [0.29, 0.717) is 29.3 Å². The maximum Gasteiger partial charge on any atom is 0.273 e. The van der Waals surface area contributed by atoms with Crippen molar-refractivity contribution in [2.75, 3.05) is 19.1 Å². The summed E-state index contributed by atoms with van der Waals surface area (Å²) in [6.45, 7) is 4.43. The summed E-state index contributed by atoms with van der Waals surface area (Å²) in [4.78, 5) is 13.1. The number of rotatable bonds is 8. The normalized spacial score (nSPS) is 13.7. The fourth-order valence-corrected chi connectivity index (χ4v) is 3.54. The lowest BCUT2D eigenvalue weighted by Gasteiger charge is -2.24. The van der Waals surface area contributed by atoms with Gasteiger partial charge in [-0.3, -0.25) is 10.2 Å². The highest BCUT2D eigenvalue weighted by atomic mass is 16.5. The Balaban J connectivity index is 1.48. The zero-order valence-electron chi connectivity index (χ0n) is 20.1. The molecule has 2 N–H and O–H groups in total. The van der Waals surface area contributed by atoms with E-state index in [9.17, 15) is 10.1 Å². The third-order valence-electron chi connectivity index (χ3n) is 5.22. The van der Waals surface area contributed by atoms with Gasteiger partial charge in [0, 0.05) is 17.7 Å². The van der Waals surface area contributed by atoms with Crippen LogP contribution >= 0.6 is 0 Å². The fraction of sp³-hybridized carbons (Fsp3) is 0.292. The van der Waals surface area contributed by atoms with Gasteiger partial charge in [0.05, 0.1) is 24.6 Å². The predicted molar refractivity (Wildman–Crippen MR) is 132 cm³/mol. The number of carbonyl (C=O) groups excluding carboxylic acids is 1. The summed E-state index contributed by atoms with van der Waals surface area (Å²) in [5, 5.41) is 32.3. The molecule has 0 saturated carbocycles. The number of nitrogens with one attached hydrogen (secondary N) is 2. The maximum absolute atomic E-state index is 13.1. The van der Waals surface area contributed by atoms with Gasteiger partial charge in [0.15, 0.2) is 11.5 Å². The zero-order valence-corrected chi connectivity index (χ0v) is 20.1. The van der Waals surface area contributed by atoms with Crippen LogP contribution in [0.25, 0.3) is 0 Å². The average molecular weight is 488 g/mol. The number of benzene rings is 2. The van der Waals surface area contributed by atoms with Crippen LogP contribution in [-0.2, 0) is 0 Å². The molecule has 0 spiro atoms. The van der Waals surface area contributed by atoms with Crippen LogP contribution in [0, 0.1) is 11.3 Å². The highest BCUT2D eigenvalue weighted by molar-refractivity contribution is 6.09. The smallest absolute Gasteiger partial charge is 0.273 e. The second-order valence-corrected chi connectivity index (χ2v) is 8.12. The number of hydrazone groups is 2. The Bertz CT molecular complexity index is 1310. The molecular formula is C24H25N9O3. The number of methoxy groups -OCH3 is 1. The standard InChI is InChI=1S/C24H25N9O3/c1-15(2)36-22-13-17(8-11-21(22)35-3)19-5-4-12-33(30-19)24(34)16-6-9-18(10-7-16)26-27-20(14-25)23-28-31-32-29-23/h6-11,13,15,26H,4-5,12H2,1-3H3,(H,28,29,31,32). The lowest BCUT2D eigenvalue weighted by Crippen LogP contribution is -2.32. The molecule has 2 heterocycles. The number of amides is 1. The number of aromatic amines is 1. The summed E-state index contributed by atoms with van der Waals surface area (Å²) >= 11 is 0. The third-order valence-corrected chi connectivity index (χ3v) is 5.22. The van der Waals surface area contributed by atoms with Crippen molar-refractivity contribution in [3.05, 3.63) is 59.4 Å². The molecule has 1 aromatic heterocycles. The summed E-state index contributed by atoms with van der Waals surface area (Å²) in [6.07, 6.45) is 1.54. The molecule has 1 aliphatic rings. The molecule has 184 valence electrons. The van der Waals surface area contributed by atoms with Crippen molar-refractivity contribution < 1.29 is 14.3 Å². The number of nitriles is 1. The van der Waals surface area contributed by atoms with Gasteiger partial charge in [0.1, 0.15) is 6.07 Å². The Kier molecular flexibility index (Phi) is 7.50. The summed E-state index contributed by atoms with van der Waals surface area (Å²) in [7, 11) is 1.60. The van der Waals surface area contributed by atoms with Crippen molar-refractivity contribution in [2.45, 2.75) is 32.8 Å². The Labute approximate surface area is 207 Å². The second kappa shape index (κ2) is 11.1. The van der Waals surface area contributed by atoms with E-state index in [2.05, 4.69) is 36.3 Å².